The largest absolute Gasteiger partial charge is 0.345 e. The third-order valence-corrected chi connectivity index (χ3v) is 6.97. The Labute approximate surface area is 197 Å². The van der Waals surface area contributed by atoms with Crippen molar-refractivity contribution in [1.29, 1.82) is 0 Å². The van der Waals surface area contributed by atoms with Gasteiger partial charge >= 0.3 is 0 Å². The van der Waals surface area contributed by atoms with Gasteiger partial charge in [0, 0.05) is 23.7 Å². The topological polar surface area (TPSA) is 63.1 Å². The molecule has 4 rings (SSSR count). The molecule has 172 valence electrons. The number of carbonyl (C=O) groups excluding carboxylic acids is 2. The number of hydrogen-bond donors (Lipinski definition) is 2. The zero-order chi connectivity index (χ0) is 23.4. The fraction of sp³-hybridized carbons (Fsp3) is 0.308. The summed E-state index contributed by atoms with van der Waals surface area (Å²) in [5.41, 5.74) is 3.79. The van der Waals surface area contributed by atoms with Crippen molar-refractivity contribution in [2.24, 2.45) is 0 Å². The molecule has 0 aliphatic carbocycles. The van der Waals surface area contributed by atoms with Gasteiger partial charge < -0.3 is 15.2 Å². The Kier molecular flexibility index (Phi) is 7.18. The lowest BCUT2D eigenvalue weighted by Gasteiger charge is -2.21. The summed E-state index contributed by atoms with van der Waals surface area (Å²) in [6.45, 7) is 4.58. The fourth-order valence-corrected chi connectivity index (χ4v) is 5.12. The minimum atomic E-state index is -0.313. The van der Waals surface area contributed by atoms with Gasteiger partial charge in [-0.3, -0.25) is 9.59 Å². The Morgan fingerprint density at radius 1 is 1.03 bits per heavy atom. The SMILES string of the molecule is CCC(NC(=O)c1cc(C(=O)NC(C)c2ccc(F)cc2)n2c1CSCC2)c1ccccc1. The lowest BCUT2D eigenvalue weighted by molar-refractivity contribution is 0.0926. The van der Waals surface area contributed by atoms with Crippen LogP contribution in [0, 0.1) is 5.82 Å². The maximum atomic E-state index is 13.3. The molecule has 1 aromatic heterocycles. The number of carbonyl (C=O) groups is 2. The number of fused-ring (bicyclic) bond motifs is 1. The molecule has 1 aliphatic heterocycles. The summed E-state index contributed by atoms with van der Waals surface area (Å²) in [4.78, 5) is 26.4. The molecule has 0 radical (unpaired) electrons. The van der Waals surface area contributed by atoms with Gasteiger partial charge in [0.1, 0.15) is 11.5 Å². The summed E-state index contributed by atoms with van der Waals surface area (Å²) in [7, 11) is 0. The van der Waals surface area contributed by atoms with E-state index in [0.717, 1.165) is 29.0 Å². The van der Waals surface area contributed by atoms with Gasteiger partial charge in [0.05, 0.1) is 17.6 Å². The van der Waals surface area contributed by atoms with Crippen molar-refractivity contribution < 1.29 is 14.0 Å². The molecule has 2 unspecified atom stereocenters. The average molecular weight is 466 g/mol. The van der Waals surface area contributed by atoms with E-state index < -0.39 is 0 Å². The number of aromatic nitrogens is 1. The summed E-state index contributed by atoms with van der Waals surface area (Å²) in [5.74, 6) is 0.854. The van der Waals surface area contributed by atoms with Crippen molar-refractivity contribution in [3.05, 3.63) is 94.6 Å². The van der Waals surface area contributed by atoms with Crippen LogP contribution in [-0.2, 0) is 12.3 Å². The van der Waals surface area contributed by atoms with Gasteiger partial charge in [0.15, 0.2) is 0 Å². The minimum absolute atomic E-state index is 0.0960. The molecule has 0 spiro atoms. The highest BCUT2D eigenvalue weighted by molar-refractivity contribution is 7.98. The van der Waals surface area contributed by atoms with Crippen molar-refractivity contribution in [2.45, 2.75) is 44.6 Å². The van der Waals surface area contributed by atoms with E-state index in [4.69, 9.17) is 0 Å². The van der Waals surface area contributed by atoms with E-state index in [9.17, 15) is 14.0 Å². The second kappa shape index (κ2) is 10.3. The van der Waals surface area contributed by atoms with Gasteiger partial charge in [0.25, 0.3) is 11.8 Å². The van der Waals surface area contributed by atoms with E-state index in [1.807, 2.05) is 48.7 Å². The normalized spacial score (nSPS) is 14.8. The van der Waals surface area contributed by atoms with E-state index in [2.05, 4.69) is 10.6 Å². The molecule has 2 heterocycles. The molecule has 7 heteroatoms. The zero-order valence-electron chi connectivity index (χ0n) is 18.8. The Balaban J connectivity index is 1.56. The third-order valence-electron chi connectivity index (χ3n) is 6.02. The van der Waals surface area contributed by atoms with Crippen LogP contribution in [0.15, 0.2) is 60.7 Å². The molecular weight excluding hydrogens is 437 g/mol. The number of nitrogens with one attached hydrogen (secondary N) is 2. The van der Waals surface area contributed by atoms with Crippen LogP contribution >= 0.6 is 11.8 Å². The van der Waals surface area contributed by atoms with Crippen LogP contribution in [0.4, 0.5) is 4.39 Å². The number of amides is 2. The Morgan fingerprint density at radius 2 is 1.76 bits per heavy atom. The molecule has 2 amide bonds. The van der Waals surface area contributed by atoms with E-state index in [1.165, 1.54) is 12.1 Å². The van der Waals surface area contributed by atoms with Gasteiger partial charge in [-0.15, -0.1) is 0 Å². The van der Waals surface area contributed by atoms with Crippen LogP contribution < -0.4 is 10.6 Å². The first-order valence-corrected chi connectivity index (χ1v) is 12.4. The van der Waals surface area contributed by atoms with Crippen LogP contribution in [0.5, 0.6) is 0 Å². The molecule has 3 aromatic rings. The van der Waals surface area contributed by atoms with Gasteiger partial charge in [-0.1, -0.05) is 49.4 Å². The van der Waals surface area contributed by atoms with E-state index >= 15 is 0 Å². The second-order valence-corrected chi connectivity index (χ2v) is 9.29. The molecular formula is C26H28FN3O2S. The molecule has 5 nitrogen and oxygen atoms in total. The maximum absolute atomic E-state index is 13.3. The molecule has 1 aliphatic rings. The molecule has 2 N–H and O–H groups in total. The third kappa shape index (κ3) is 5.14. The Hall–Kier alpha value is -3.06. The van der Waals surface area contributed by atoms with Gasteiger partial charge in [-0.2, -0.15) is 11.8 Å². The highest BCUT2D eigenvalue weighted by Gasteiger charge is 2.27. The van der Waals surface area contributed by atoms with Crippen LogP contribution in [0.3, 0.4) is 0 Å². The van der Waals surface area contributed by atoms with Gasteiger partial charge in [-0.05, 0) is 42.7 Å². The standard InChI is InChI=1S/C26H28FN3O2S/c1-3-22(19-7-5-4-6-8-19)29-25(31)21-15-23(30-13-14-33-16-24(21)30)26(32)28-17(2)18-9-11-20(27)12-10-18/h4-12,15,17,22H,3,13-14,16H2,1-2H3,(H,28,32)(H,29,31). The van der Waals surface area contributed by atoms with Crippen molar-refractivity contribution in [3.63, 3.8) is 0 Å². The number of nitrogens with zero attached hydrogens (tertiary/aromatic N) is 1. The summed E-state index contributed by atoms with van der Waals surface area (Å²) >= 11 is 1.76. The predicted molar refractivity (Wildman–Crippen MR) is 130 cm³/mol. The number of rotatable bonds is 7. The van der Waals surface area contributed by atoms with Crippen LogP contribution in [0.2, 0.25) is 0 Å². The monoisotopic (exact) mass is 465 g/mol. The quantitative estimate of drug-likeness (QED) is 0.501. The Morgan fingerprint density at radius 3 is 2.45 bits per heavy atom. The molecule has 0 fully saturated rings. The molecule has 2 aromatic carbocycles. The zero-order valence-corrected chi connectivity index (χ0v) is 19.6. The summed E-state index contributed by atoms with van der Waals surface area (Å²) in [6.07, 6.45) is 0.767. The highest BCUT2D eigenvalue weighted by atomic mass is 32.2. The fourth-order valence-electron chi connectivity index (χ4n) is 4.16. The summed E-state index contributed by atoms with van der Waals surface area (Å²) in [5, 5.41) is 6.14. The van der Waals surface area contributed by atoms with Crippen molar-refractivity contribution in [3.8, 4) is 0 Å². The van der Waals surface area contributed by atoms with Crippen LogP contribution in [-0.4, -0.2) is 22.1 Å². The number of benzene rings is 2. The molecule has 2 atom stereocenters. The minimum Gasteiger partial charge on any atom is -0.345 e. The maximum Gasteiger partial charge on any atom is 0.268 e. The highest BCUT2D eigenvalue weighted by Crippen LogP contribution is 2.28. The first-order chi connectivity index (χ1) is 16.0. The first-order valence-electron chi connectivity index (χ1n) is 11.2. The second-order valence-electron chi connectivity index (χ2n) is 8.19. The van der Waals surface area contributed by atoms with Crippen molar-refractivity contribution in [2.75, 3.05) is 5.75 Å². The molecule has 0 bridgehead atoms. The average Bonchev–Trinajstić information content (AvgIpc) is 3.23. The van der Waals surface area contributed by atoms with E-state index in [0.29, 0.717) is 23.6 Å². The first kappa shape index (κ1) is 23.1. The lowest BCUT2D eigenvalue weighted by Crippen LogP contribution is -2.30. The lowest BCUT2D eigenvalue weighted by atomic mass is 10.0. The summed E-state index contributed by atoms with van der Waals surface area (Å²) in [6, 6.07) is 17.3. The van der Waals surface area contributed by atoms with Crippen LogP contribution in [0.25, 0.3) is 0 Å². The molecule has 33 heavy (non-hydrogen) atoms. The predicted octanol–water partition coefficient (Wildman–Crippen LogP) is 5.25. The molecule has 0 saturated carbocycles. The number of thioether (sulfide) groups is 1. The van der Waals surface area contributed by atoms with E-state index in [1.54, 1.807) is 30.0 Å². The number of halogens is 1. The number of hydrogen-bond acceptors (Lipinski definition) is 3. The van der Waals surface area contributed by atoms with Crippen molar-refractivity contribution >= 4 is 23.6 Å². The molecule has 0 saturated heterocycles. The van der Waals surface area contributed by atoms with Gasteiger partial charge in [0.2, 0.25) is 0 Å². The Bertz CT molecular complexity index is 1130. The van der Waals surface area contributed by atoms with Crippen LogP contribution in [0.1, 0.15) is 70.0 Å². The van der Waals surface area contributed by atoms with Gasteiger partial charge in [-0.25, -0.2) is 4.39 Å². The smallest absolute Gasteiger partial charge is 0.268 e. The van der Waals surface area contributed by atoms with Crippen molar-refractivity contribution in [1.82, 2.24) is 15.2 Å². The van der Waals surface area contributed by atoms with E-state index in [-0.39, 0.29) is 29.7 Å². The summed E-state index contributed by atoms with van der Waals surface area (Å²) < 4.78 is 15.2.